The van der Waals surface area contributed by atoms with Crippen molar-refractivity contribution in [3.05, 3.63) is 71.5 Å². The fraction of sp³-hybridized carbons (Fsp3) is 0.308. The number of carbonyl (C=O) groups is 2. The second-order valence-electron chi connectivity index (χ2n) is 8.76. The normalized spacial score (nSPS) is 15.6. The molecule has 8 nitrogen and oxygen atoms in total. The molecular weight excluding hydrogens is 562 g/mol. The molecule has 0 bridgehead atoms. The summed E-state index contributed by atoms with van der Waals surface area (Å²) < 4.78 is 45.6. The number of carbonyl (C=O) groups excluding carboxylic acids is 2. The molecule has 1 aliphatic heterocycles. The minimum absolute atomic E-state index is 0.132. The number of aryl methyl sites for hydroxylation is 1. The van der Waals surface area contributed by atoms with Crippen LogP contribution in [0.25, 0.3) is 0 Å². The van der Waals surface area contributed by atoms with Crippen molar-refractivity contribution < 1.29 is 27.5 Å². The van der Waals surface area contributed by atoms with Gasteiger partial charge in [-0.2, -0.15) is 13.2 Å². The van der Waals surface area contributed by atoms with E-state index in [-0.39, 0.29) is 27.4 Å². The first-order valence-electron chi connectivity index (χ1n) is 11.9. The summed E-state index contributed by atoms with van der Waals surface area (Å²) in [4.78, 5) is 35.5. The molecule has 1 aromatic heterocycles. The first-order chi connectivity index (χ1) is 18.1. The second kappa shape index (κ2) is 12.0. The maximum atomic E-state index is 13.0. The van der Waals surface area contributed by atoms with E-state index in [1.807, 2.05) is 0 Å². The Bertz CT molecular complexity index is 1320. The molecule has 2 heterocycles. The van der Waals surface area contributed by atoms with E-state index in [0.29, 0.717) is 17.2 Å². The molecule has 3 amide bonds. The Morgan fingerprint density at radius 1 is 1.13 bits per heavy atom. The molecule has 1 atom stereocenters. The van der Waals surface area contributed by atoms with Gasteiger partial charge in [0, 0.05) is 0 Å². The van der Waals surface area contributed by atoms with Crippen molar-refractivity contribution in [2.75, 3.05) is 29.2 Å². The zero-order chi connectivity index (χ0) is 27.3. The summed E-state index contributed by atoms with van der Waals surface area (Å²) in [6.45, 7) is 2.59. The zero-order valence-corrected chi connectivity index (χ0v) is 22.6. The first-order valence-corrected chi connectivity index (χ1v) is 14.1. The molecule has 0 saturated carbocycles. The van der Waals surface area contributed by atoms with Crippen LogP contribution in [0.2, 0.25) is 5.21 Å². The average Bonchev–Trinajstić information content (AvgIpc) is 3.42. The van der Waals surface area contributed by atoms with Crippen LogP contribution >= 0.6 is 0 Å². The summed E-state index contributed by atoms with van der Waals surface area (Å²) in [7, 11) is 1.59. The Morgan fingerprint density at radius 2 is 1.95 bits per heavy atom. The molecule has 199 valence electrons. The molecule has 3 aromatic rings. The van der Waals surface area contributed by atoms with Crippen molar-refractivity contribution in [2.24, 2.45) is 0 Å². The molecule has 2 aromatic carbocycles. The van der Waals surface area contributed by atoms with Gasteiger partial charge in [-0.3, -0.25) is 0 Å². The fourth-order valence-electron chi connectivity index (χ4n) is 3.77. The molecule has 1 saturated heterocycles. The number of alkyl halides is 3. The molecule has 1 aliphatic rings. The first kappa shape index (κ1) is 27.6. The number of ether oxygens (including phenoxy) is 1. The summed E-state index contributed by atoms with van der Waals surface area (Å²) in [6, 6.07) is 10.4. The van der Waals surface area contributed by atoms with Crippen molar-refractivity contribution in [2.45, 2.75) is 37.3 Å². The predicted molar refractivity (Wildman–Crippen MR) is 139 cm³/mol. The number of nitrogens with one attached hydrogen (secondary N) is 2. The number of aromatic nitrogens is 2. The molecule has 38 heavy (non-hydrogen) atoms. The Labute approximate surface area is 224 Å². The Hall–Kier alpha value is -3.43. The average molecular weight is 588 g/mol. The van der Waals surface area contributed by atoms with E-state index in [2.05, 4.69) is 20.6 Å². The number of hydrogen-bond donors (Lipinski definition) is 2. The third-order valence-electron chi connectivity index (χ3n) is 5.96. The summed E-state index contributed by atoms with van der Waals surface area (Å²) >= 11 is -0.220. The van der Waals surface area contributed by atoms with Crippen molar-refractivity contribution >= 4 is 49.4 Å². The van der Waals surface area contributed by atoms with Gasteiger partial charge in [-0.1, -0.05) is 6.07 Å². The SMILES string of the molecule is Cc1ccc(NC(=O)c2cccc(C(F)(F)F)c2)cc1NC(=O)N(C)c1cc([As]CC2CCCO2)ncn1. The van der Waals surface area contributed by atoms with E-state index in [1.54, 1.807) is 38.2 Å². The molecular formula is C26H26AsF3N5O3. The van der Waals surface area contributed by atoms with E-state index >= 15 is 0 Å². The molecule has 1 radical (unpaired) electrons. The van der Waals surface area contributed by atoms with Gasteiger partial charge in [0.05, 0.1) is 5.56 Å². The molecule has 4 rings (SSSR count). The Morgan fingerprint density at radius 3 is 2.68 bits per heavy atom. The monoisotopic (exact) mass is 588 g/mol. The number of rotatable bonds is 7. The Kier molecular flexibility index (Phi) is 8.68. The van der Waals surface area contributed by atoms with Crippen molar-refractivity contribution in [3.8, 4) is 0 Å². The molecule has 1 unspecified atom stereocenters. The number of amides is 3. The number of hydrogen-bond acceptors (Lipinski definition) is 5. The predicted octanol–water partition coefficient (Wildman–Crippen LogP) is 4.65. The van der Waals surface area contributed by atoms with Gasteiger partial charge in [0.15, 0.2) is 0 Å². The number of anilines is 3. The van der Waals surface area contributed by atoms with Gasteiger partial charge < -0.3 is 0 Å². The van der Waals surface area contributed by atoms with Gasteiger partial charge in [0.2, 0.25) is 0 Å². The van der Waals surface area contributed by atoms with Crippen molar-refractivity contribution in [1.29, 1.82) is 0 Å². The second-order valence-corrected chi connectivity index (χ2v) is 11.2. The van der Waals surface area contributed by atoms with Crippen LogP contribution in [-0.4, -0.2) is 57.4 Å². The van der Waals surface area contributed by atoms with Crippen LogP contribution in [-0.2, 0) is 10.9 Å². The van der Waals surface area contributed by atoms with Crippen LogP contribution in [0.3, 0.4) is 0 Å². The van der Waals surface area contributed by atoms with Gasteiger partial charge in [-0.15, -0.1) is 0 Å². The van der Waals surface area contributed by atoms with E-state index in [1.165, 1.54) is 23.4 Å². The zero-order valence-electron chi connectivity index (χ0n) is 20.7. The molecule has 0 spiro atoms. The van der Waals surface area contributed by atoms with Gasteiger partial charge in [-0.05, 0) is 18.2 Å². The summed E-state index contributed by atoms with van der Waals surface area (Å²) in [5, 5.41) is 6.33. The maximum absolute atomic E-state index is 13.0. The third-order valence-corrected chi connectivity index (χ3v) is 8.39. The number of nitrogens with zero attached hydrogens (tertiary/aromatic N) is 3. The summed E-state index contributed by atoms with van der Waals surface area (Å²) in [5.41, 5.74) is 0.439. The summed E-state index contributed by atoms with van der Waals surface area (Å²) in [5.74, 6) is -0.254. The third kappa shape index (κ3) is 7.11. The molecule has 12 heteroatoms. The van der Waals surface area contributed by atoms with Crippen molar-refractivity contribution in [1.82, 2.24) is 9.97 Å². The molecule has 1 fully saturated rings. The van der Waals surface area contributed by atoms with Crippen LogP contribution in [0.4, 0.5) is 35.2 Å². The van der Waals surface area contributed by atoms with E-state index in [0.717, 1.165) is 46.8 Å². The van der Waals surface area contributed by atoms with E-state index in [9.17, 15) is 22.8 Å². The number of urea groups is 1. The standard InChI is InChI=1S/C26H26AsF3N5O3/c1-16-8-9-19(33-24(36)17-5-3-6-18(11-17)26(28,29)30)12-21(16)34-25(37)35(2)23-13-22(31-15-32-23)27-14-20-7-4-10-38-20/h3,5-6,8-9,11-13,15,20H,4,7,10,14H2,1-2H3,(H,33,36)(H,34,37). The summed E-state index contributed by atoms with van der Waals surface area (Å²) in [6.07, 6.45) is -0.693. The van der Waals surface area contributed by atoms with Crippen LogP contribution in [0.1, 0.15) is 34.3 Å². The van der Waals surface area contributed by atoms with E-state index in [4.69, 9.17) is 4.74 Å². The van der Waals surface area contributed by atoms with Crippen LogP contribution in [0, 0.1) is 6.92 Å². The van der Waals surface area contributed by atoms with Crippen LogP contribution in [0.5, 0.6) is 0 Å². The fourth-order valence-corrected chi connectivity index (χ4v) is 5.91. The quantitative estimate of drug-likeness (QED) is 0.392. The number of halogens is 3. The van der Waals surface area contributed by atoms with Gasteiger partial charge in [0.25, 0.3) is 0 Å². The van der Waals surface area contributed by atoms with Gasteiger partial charge in [-0.25, -0.2) is 0 Å². The number of benzene rings is 2. The van der Waals surface area contributed by atoms with Crippen LogP contribution in [0.15, 0.2) is 54.9 Å². The molecule has 0 aliphatic carbocycles. The Balaban J connectivity index is 1.41. The van der Waals surface area contributed by atoms with E-state index < -0.39 is 23.7 Å². The topological polar surface area (TPSA) is 96.5 Å². The van der Waals surface area contributed by atoms with Gasteiger partial charge in [0.1, 0.15) is 0 Å². The minimum atomic E-state index is -4.56. The van der Waals surface area contributed by atoms with Gasteiger partial charge >= 0.3 is 182 Å². The van der Waals surface area contributed by atoms with Crippen molar-refractivity contribution in [3.63, 3.8) is 0 Å². The molecule has 2 N–H and O–H groups in total. The van der Waals surface area contributed by atoms with Crippen LogP contribution < -0.4 is 20.0 Å².